The van der Waals surface area contributed by atoms with Crippen molar-refractivity contribution in [2.75, 3.05) is 31.7 Å². The summed E-state index contributed by atoms with van der Waals surface area (Å²) in [4.78, 5) is 49.4. The van der Waals surface area contributed by atoms with Gasteiger partial charge in [-0.1, -0.05) is 63.3 Å². The number of anilines is 1. The van der Waals surface area contributed by atoms with Gasteiger partial charge in [0.2, 0.25) is 11.8 Å². The molecular weight excluding hydrogens is 582 g/mol. The first-order valence-electron chi connectivity index (χ1n) is 16.3. The second-order valence-electron chi connectivity index (χ2n) is 13.0. The summed E-state index contributed by atoms with van der Waals surface area (Å²) >= 11 is 0. The van der Waals surface area contributed by atoms with Crippen LogP contribution >= 0.6 is 0 Å². The average Bonchev–Trinajstić information content (AvgIpc) is 3.67. The first-order valence-corrected chi connectivity index (χ1v) is 16.3. The lowest BCUT2D eigenvalue weighted by Gasteiger charge is -2.40. The first kappa shape index (κ1) is 33.4. The predicted molar refractivity (Wildman–Crippen MR) is 177 cm³/mol. The van der Waals surface area contributed by atoms with Crippen molar-refractivity contribution in [1.82, 2.24) is 9.80 Å². The fraction of sp³-hybridized carbons (Fsp3) is 0.486. The summed E-state index contributed by atoms with van der Waals surface area (Å²) in [5.41, 5.74) is -0.540. The van der Waals surface area contributed by atoms with Crippen molar-refractivity contribution in [1.29, 1.82) is 0 Å². The SMILES string of the molecule is C=CCN(Cc1ccccc1)C(=O)[C@H]1[C@H]2C(=O)N([C@@H](CO)C(C)C)C(C(=O)N(CC=C)c3ccc(OC)cc3)C23CC[C@]1(CC)O3. The van der Waals surface area contributed by atoms with Crippen LogP contribution in [0.15, 0.2) is 79.9 Å². The molecule has 2 unspecified atom stereocenters. The molecule has 2 aromatic carbocycles. The van der Waals surface area contributed by atoms with Gasteiger partial charge in [0.1, 0.15) is 17.4 Å². The van der Waals surface area contributed by atoms with E-state index in [4.69, 9.17) is 9.47 Å². The maximum Gasteiger partial charge on any atom is 0.253 e. The second kappa shape index (κ2) is 13.4. The molecule has 1 spiro atoms. The minimum atomic E-state index is -1.23. The van der Waals surface area contributed by atoms with E-state index in [9.17, 15) is 19.5 Å². The van der Waals surface area contributed by atoms with Gasteiger partial charge in [0.25, 0.3) is 5.91 Å². The normalized spacial score (nSPS) is 27.0. The lowest BCUT2D eigenvalue weighted by atomic mass is 9.64. The van der Waals surface area contributed by atoms with E-state index in [2.05, 4.69) is 13.2 Å². The molecule has 46 heavy (non-hydrogen) atoms. The highest BCUT2D eigenvalue weighted by Crippen LogP contribution is 2.65. The van der Waals surface area contributed by atoms with Crippen molar-refractivity contribution < 1.29 is 29.0 Å². The van der Waals surface area contributed by atoms with Crippen LogP contribution in [0.3, 0.4) is 0 Å². The number of rotatable bonds is 14. The quantitative estimate of drug-likeness (QED) is 0.307. The highest BCUT2D eigenvalue weighted by atomic mass is 16.5. The van der Waals surface area contributed by atoms with E-state index < -0.39 is 35.1 Å². The highest BCUT2D eigenvalue weighted by molar-refractivity contribution is 6.05. The van der Waals surface area contributed by atoms with E-state index in [1.165, 1.54) is 0 Å². The fourth-order valence-corrected chi connectivity index (χ4v) is 8.04. The van der Waals surface area contributed by atoms with Gasteiger partial charge in [-0.2, -0.15) is 0 Å². The number of hydrogen-bond acceptors (Lipinski definition) is 6. The van der Waals surface area contributed by atoms with Gasteiger partial charge in [-0.15, -0.1) is 13.2 Å². The van der Waals surface area contributed by atoms with Crippen LogP contribution in [-0.2, 0) is 25.7 Å². The van der Waals surface area contributed by atoms with Crippen LogP contribution in [-0.4, -0.2) is 82.7 Å². The number of methoxy groups -OCH3 is 1. The lowest BCUT2D eigenvalue weighted by Crippen LogP contribution is -2.60. The van der Waals surface area contributed by atoms with Crippen LogP contribution in [0, 0.1) is 17.8 Å². The molecule has 0 saturated carbocycles. The van der Waals surface area contributed by atoms with Gasteiger partial charge in [0.15, 0.2) is 0 Å². The molecule has 2 bridgehead atoms. The van der Waals surface area contributed by atoms with Gasteiger partial charge in [-0.3, -0.25) is 14.4 Å². The Morgan fingerprint density at radius 3 is 2.30 bits per heavy atom. The van der Waals surface area contributed by atoms with Crippen molar-refractivity contribution in [3.8, 4) is 5.75 Å². The Morgan fingerprint density at radius 2 is 1.74 bits per heavy atom. The standard InChI is InChI=1S/C37H47N3O6/c1-7-21-38(23-26-13-11-10-12-14-26)33(42)30-31-34(43)40(29(24-41)25(4)5)32(37(31)20-19-36(30,9-3)46-37)35(44)39(22-8-2)27-15-17-28(45-6)18-16-27/h7-8,10-18,25,29-32,41H,1-2,9,19-24H2,3-6H3/t29-,30+,31-,32?,36-,37?/m0/s1. The zero-order chi connectivity index (χ0) is 33.2. The van der Waals surface area contributed by atoms with Crippen LogP contribution < -0.4 is 9.64 Å². The molecule has 0 aliphatic carbocycles. The number of nitrogens with zero attached hydrogens (tertiary/aromatic N) is 3. The first-order chi connectivity index (χ1) is 22.1. The zero-order valence-corrected chi connectivity index (χ0v) is 27.4. The third-order valence-electron chi connectivity index (χ3n) is 10.3. The number of aliphatic hydroxyl groups excluding tert-OH is 1. The van der Waals surface area contributed by atoms with Gasteiger partial charge in [0, 0.05) is 25.3 Å². The average molecular weight is 630 g/mol. The molecule has 3 heterocycles. The molecule has 5 rings (SSSR count). The van der Waals surface area contributed by atoms with Crippen molar-refractivity contribution in [3.63, 3.8) is 0 Å². The van der Waals surface area contributed by atoms with E-state index >= 15 is 0 Å². The van der Waals surface area contributed by atoms with Crippen LogP contribution in [0.2, 0.25) is 0 Å². The number of ether oxygens (including phenoxy) is 2. The molecule has 3 aliphatic rings. The third-order valence-corrected chi connectivity index (χ3v) is 10.3. The summed E-state index contributed by atoms with van der Waals surface area (Å²) in [5.74, 6) is -1.99. The maximum atomic E-state index is 14.9. The zero-order valence-electron chi connectivity index (χ0n) is 27.4. The van der Waals surface area contributed by atoms with Crippen LogP contribution in [0.25, 0.3) is 0 Å². The van der Waals surface area contributed by atoms with E-state index in [1.807, 2.05) is 51.1 Å². The molecule has 0 aromatic heterocycles. The molecule has 3 amide bonds. The van der Waals surface area contributed by atoms with Crippen LogP contribution in [0.1, 0.15) is 45.6 Å². The van der Waals surface area contributed by atoms with E-state index in [0.717, 1.165) is 5.56 Å². The Bertz CT molecular complexity index is 1440. The van der Waals surface area contributed by atoms with Crippen LogP contribution in [0.4, 0.5) is 5.69 Å². The molecule has 6 atom stereocenters. The Morgan fingerprint density at radius 1 is 1.07 bits per heavy atom. The lowest BCUT2D eigenvalue weighted by molar-refractivity contribution is -0.154. The number of amides is 3. The molecule has 9 heteroatoms. The summed E-state index contributed by atoms with van der Waals surface area (Å²) < 4.78 is 12.4. The summed E-state index contributed by atoms with van der Waals surface area (Å²) in [5, 5.41) is 10.6. The number of aliphatic hydroxyl groups is 1. The second-order valence-corrected chi connectivity index (χ2v) is 13.0. The molecule has 3 aliphatic heterocycles. The Kier molecular flexibility index (Phi) is 9.75. The molecule has 3 fully saturated rings. The summed E-state index contributed by atoms with van der Waals surface area (Å²) in [6.45, 7) is 14.2. The van der Waals surface area contributed by atoms with E-state index in [-0.39, 0.29) is 36.8 Å². The van der Waals surface area contributed by atoms with Gasteiger partial charge in [0.05, 0.1) is 37.2 Å². The van der Waals surface area contributed by atoms with Gasteiger partial charge in [-0.05, 0) is 55.0 Å². The molecule has 1 N–H and O–H groups in total. The largest absolute Gasteiger partial charge is 0.497 e. The summed E-state index contributed by atoms with van der Waals surface area (Å²) in [6.07, 6.45) is 4.86. The van der Waals surface area contributed by atoms with Crippen molar-refractivity contribution in [2.45, 2.75) is 69.9 Å². The Hall–Kier alpha value is -3.95. The minimum absolute atomic E-state index is 0.157. The molecule has 2 aromatic rings. The predicted octanol–water partition coefficient (Wildman–Crippen LogP) is 4.60. The highest BCUT2D eigenvalue weighted by Gasteiger charge is 2.79. The smallest absolute Gasteiger partial charge is 0.253 e. The van der Waals surface area contributed by atoms with Crippen molar-refractivity contribution in [2.24, 2.45) is 17.8 Å². The number of hydrogen-bond donors (Lipinski definition) is 1. The van der Waals surface area contributed by atoms with Gasteiger partial charge >= 0.3 is 0 Å². The molecule has 3 saturated heterocycles. The third kappa shape index (κ3) is 5.43. The number of carbonyl (C=O) groups is 3. The van der Waals surface area contributed by atoms with Crippen LogP contribution in [0.5, 0.6) is 5.75 Å². The molecule has 246 valence electrons. The Balaban J connectivity index is 1.62. The number of fused-ring (bicyclic) bond motifs is 1. The molecule has 9 nitrogen and oxygen atoms in total. The van der Waals surface area contributed by atoms with Gasteiger partial charge < -0.3 is 29.3 Å². The molecular formula is C37H47N3O6. The topological polar surface area (TPSA) is 99.6 Å². The van der Waals surface area contributed by atoms with Crippen molar-refractivity contribution >= 4 is 23.4 Å². The minimum Gasteiger partial charge on any atom is -0.497 e. The fourth-order valence-electron chi connectivity index (χ4n) is 8.04. The summed E-state index contributed by atoms with van der Waals surface area (Å²) in [6, 6.07) is 15.2. The number of carbonyl (C=O) groups excluding carboxylic acids is 3. The maximum absolute atomic E-state index is 14.9. The van der Waals surface area contributed by atoms with E-state index in [1.54, 1.807) is 58.2 Å². The number of benzene rings is 2. The van der Waals surface area contributed by atoms with E-state index in [0.29, 0.717) is 43.8 Å². The van der Waals surface area contributed by atoms with Crippen molar-refractivity contribution in [3.05, 3.63) is 85.5 Å². The van der Waals surface area contributed by atoms with Gasteiger partial charge in [-0.25, -0.2) is 0 Å². The monoisotopic (exact) mass is 629 g/mol. The number of likely N-dealkylation sites (tertiary alicyclic amines) is 1. The summed E-state index contributed by atoms with van der Waals surface area (Å²) in [7, 11) is 1.58. The molecule has 0 radical (unpaired) electrons. The Labute approximate surface area is 272 Å².